The summed E-state index contributed by atoms with van der Waals surface area (Å²) in [6.45, 7) is 4.84. The molecule has 0 unspecified atom stereocenters. The molecule has 0 aliphatic rings. The zero-order chi connectivity index (χ0) is 13.0. The Morgan fingerprint density at radius 1 is 1.39 bits per heavy atom. The molecule has 1 heterocycles. The molecule has 1 aromatic heterocycles. The molecule has 0 atom stereocenters. The SMILES string of the molecule is CCOc1ccc(-c2nc(CCO)cs2)cc1C. The number of benzene rings is 1. The first kappa shape index (κ1) is 13.1. The van der Waals surface area contributed by atoms with E-state index >= 15 is 0 Å². The maximum absolute atomic E-state index is 8.89. The van der Waals surface area contributed by atoms with E-state index in [0.717, 1.165) is 27.6 Å². The summed E-state index contributed by atoms with van der Waals surface area (Å²) in [4.78, 5) is 4.50. The summed E-state index contributed by atoms with van der Waals surface area (Å²) in [7, 11) is 0. The molecule has 0 radical (unpaired) electrons. The lowest BCUT2D eigenvalue weighted by molar-refractivity contribution is 0.298. The number of hydrogen-bond donors (Lipinski definition) is 1. The van der Waals surface area contributed by atoms with Gasteiger partial charge in [0.15, 0.2) is 0 Å². The Morgan fingerprint density at radius 2 is 2.22 bits per heavy atom. The van der Waals surface area contributed by atoms with Gasteiger partial charge in [-0.05, 0) is 37.6 Å². The van der Waals surface area contributed by atoms with E-state index in [2.05, 4.69) is 11.1 Å². The first-order valence-corrected chi connectivity index (χ1v) is 6.91. The summed E-state index contributed by atoms with van der Waals surface area (Å²) in [6.07, 6.45) is 0.618. The highest BCUT2D eigenvalue weighted by molar-refractivity contribution is 7.13. The van der Waals surface area contributed by atoms with E-state index in [0.29, 0.717) is 13.0 Å². The lowest BCUT2D eigenvalue weighted by atomic mass is 10.1. The average Bonchev–Trinajstić information content (AvgIpc) is 2.81. The molecule has 18 heavy (non-hydrogen) atoms. The lowest BCUT2D eigenvalue weighted by Gasteiger charge is -2.07. The summed E-state index contributed by atoms with van der Waals surface area (Å²) in [5.41, 5.74) is 3.17. The number of aliphatic hydroxyl groups excluding tert-OH is 1. The minimum atomic E-state index is 0.144. The summed E-state index contributed by atoms with van der Waals surface area (Å²) < 4.78 is 5.52. The topological polar surface area (TPSA) is 42.4 Å². The normalized spacial score (nSPS) is 10.6. The standard InChI is InChI=1S/C14H17NO2S/c1-3-17-13-5-4-11(8-10(13)2)14-15-12(6-7-16)9-18-14/h4-5,8-9,16H,3,6-7H2,1-2H3. The van der Waals surface area contributed by atoms with E-state index in [1.165, 1.54) is 0 Å². The van der Waals surface area contributed by atoms with Gasteiger partial charge in [-0.25, -0.2) is 4.98 Å². The molecule has 2 rings (SSSR count). The van der Waals surface area contributed by atoms with E-state index in [-0.39, 0.29) is 6.61 Å². The third kappa shape index (κ3) is 2.89. The van der Waals surface area contributed by atoms with Gasteiger partial charge in [-0.2, -0.15) is 0 Å². The molecule has 96 valence electrons. The number of hydrogen-bond acceptors (Lipinski definition) is 4. The molecule has 2 aromatic rings. The van der Waals surface area contributed by atoms with Crippen molar-refractivity contribution in [1.82, 2.24) is 4.98 Å². The molecule has 0 saturated heterocycles. The van der Waals surface area contributed by atoms with E-state index in [1.54, 1.807) is 11.3 Å². The molecule has 0 amide bonds. The molecular formula is C14H17NO2S. The molecule has 0 spiro atoms. The van der Waals surface area contributed by atoms with Gasteiger partial charge < -0.3 is 9.84 Å². The maximum Gasteiger partial charge on any atom is 0.123 e. The molecule has 0 fully saturated rings. The average molecular weight is 263 g/mol. The predicted molar refractivity (Wildman–Crippen MR) is 74.2 cm³/mol. The van der Waals surface area contributed by atoms with E-state index in [1.807, 2.05) is 31.4 Å². The van der Waals surface area contributed by atoms with Crippen molar-refractivity contribution in [2.24, 2.45) is 0 Å². The van der Waals surface area contributed by atoms with Crippen LogP contribution in [0.2, 0.25) is 0 Å². The van der Waals surface area contributed by atoms with Crippen LogP contribution in [0.4, 0.5) is 0 Å². The smallest absolute Gasteiger partial charge is 0.123 e. The molecular weight excluding hydrogens is 246 g/mol. The van der Waals surface area contributed by atoms with Gasteiger partial charge in [0.05, 0.1) is 12.3 Å². The fourth-order valence-corrected chi connectivity index (χ4v) is 2.62. The van der Waals surface area contributed by atoms with Crippen molar-refractivity contribution >= 4 is 11.3 Å². The van der Waals surface area contributed by atoms with E-state index in [9.17, 15) is 0 Å². The summed E-state index contributed by atoms with van der Waals surface area (Å²) in [6, 6.07) is 6.10. The number of ether oxygens (including phenoxy) is 1. The monoisotopic (exact) mass is 263 g/mol. The molecule has 1 aromatic carbocycles. The number of aryl methyl sites for hydroxylation is 1. The van der Waals surface area contributed by atoms with Crippen molar-refractivity contribution in [3.8, 4) is 16.3 Å². The number of rotatable bonds is 5. The Hall–Kier alpha value is -1.39. The number of nitrogens with zero attached hydrogens (tertiary/aromatic N) is 1. The molecule has 0 aliphatic carbocycles. The number of thiazole rings is 1. The first-order valence-electron chi connectivity index (χ1n) is 6.03. The molecule has 0 bridgehead atoms. The van der Waals surface area contributed by atoms with Crippen LogP contribution in [0.1, 0.15) is 18.2 Å². The minimum Gasteiger partial charge on any atom is -0.494 e. The van der Waals surface area contributed by atoms with Crippen LogP contribution in [-0.4, -0.2) is 23.3 Å². The van der Waals surface area contributed by atoms with Crippen LogP contribution in [0.15, 0.2) is 23.6 Å². The molecule has 3 nitrogen and oxygen atoms in total. The largest absolute Gasteiger partial charge is 0.494 e. The Labute approximate surface area is 111 Å². The Morgan fingerprint density at radius 3 is 2.89 bits per heavy atom. The Kier molecular flexibility index (Phi) is 4.33. The van der Waals surface area contributed by atoms with Crippen molar-refractivity contribution < 1.29 is 9.84 Å². The van der Waals surface area contributed by atoms with Crippen molar-refractivity contribution in [1.29, 1.82) is 0 Å². The fourth-order valence-electron chi connectivity index (χ4n) is 1.77. The Balaban J connectivity index is 2.24. The van der Waals surface area contributed by atoms with E-state index < -0.39 is 0 Å². The summed E-state index contributed by atoms with van der Waals surface area (Å²) in [5.74, 6) is 0.924. The van der Waals surface area contributed by atoms with Crippen molar-refractivity contribution in [2.75, 3.05) is 13.2 Å². The number of aliphatic hydroxyl groups is 1. The van der Waals surface area contributed by atoms with Gasteiger partial charge in [0, 0.05) is 24.0 Å². The van der Waals surface area contributed by atoms with Crippen LogP contribution < -0.4 is 4.74 Å². The van der Waals surface area contributed by atoms with Crippen LogP contribution in [0, 0.1) is 6.92 Å². The van der Waals surface area contributed by atoms with Gasteiger partial charge in [-0.3, -0.25) is 0 Å². The fraction of sp³-hybridized carbons (Fsp3) is 0.357. The Bertz CT molecular complexity index is 522. The van der Waals surface area contributed by atoms with Crippen LogP contribution in [0.5, 0.6) is 5.75 Å². The summed E-state index contributed by atoms with van der Waals surface area (Å²) >= 11 is 1.61. The van der Waals surface area contributed by atoms with Gasteiger partial charge in [0.2, 0.25) is 0 Å². The van der Waals surface area contributed by atoms with Crippen molar-refractivity contribution in [2.45, 2.75) is 20.3 Å². The zero-order valence-electron chi connectivity index (χ0n) is 10.6. The third-order valence-corrected chi connectivity index (χ3v) is 3.58. The molecule has 0 aliphatic heterocycles. The van der Waals surface area contributed by atoms with Gasteiger partial charge >= 0.3 is 0 Å². The van der Waals surface area contributed by atoms with Crippen molar-refractivity contribution in [3.63, 3.8) is 0 Å². The van der Waals surface area contributed by atoms with Crippen molar-refractivity contribution in [3.05, 3.63) is 34.8 Å². The van der Waals surface area contributed by atoms with Gasteiger partial charge in [-0.15, -0.1) is 11.3 Å². The summed E-state index contributed by atoms with van der Waals surface area (Å²) in [5, 5.41) is 11.9. The van der Waals surface area contributed by atoms with Gasteiger partial charge in [-0.1, -0.05) is 0 Å². The van der Waals surface area contributed by atoms with Crippen LogP contribution in [0.3, 0.4) is 0 Å². The van der Waals surface area contributed by atoms with Crippen LogP contribution in [-0.2, 0) is 6.42 Å². The van der Waals surface area contributed by atoms with Gasteiger partial charge in [0.1, 0.15) is 10.8 Å². The first-order chi connectivity index (χ1) is 8.74. The third-order valence-electron chi connectivity index (χ3n) is 2.64. The quantitative estimate of drug-likeness (QED) is 0.901. The predicted octanol–water partition coefficient (Wildman–Crippen LogP) is 3.05. The highest BCUT2D eigenvalue weighted by Crippen LogP contribution is 2.28. The van der Waals surface area contributed by atoms with Crippen LogP contribution in [0.25, 0.3) is 10.6 Å². The van der Waals surface area contributed by atoms with Crippen LogP contribution >= 0.6 is 11.3 Å². The second-order valence-electron chi connectivity index (χ2n) is 4.03. The maximum atomic E-state index is 8.89. The number of aromatic nitrogens is 1. The van der Waals surface area contributed by atoms with E-state index in [4.69, 9.17) is 9.84 Å². The minimum absolute atomic E-state index is 0.144. The molecule has 4 heteroatoms. The highest BCUT2D eigenvalue weighted by atomic mass is 32.1. The zero-order valence-corrected chi connectivity index (χ0v) is 11.5. The molecule has 1 N–H and O–H groups in total. The second kappa shape index (κ2) is 5.98. The second-order valence-corrected chi connectivity index (χ2v) is 4.89. The highest BCUT2D eigenvalue weighted by Gasteiger charge is 2.07. The lowest BCUT2D eigenvalue weighted by Crippen LogP contribution is -1.94. The van der Waals surface area contributed by atoms with Gasteiger partial charge in [0.25, 0.3) is 0 Å². The molecule has 0 saturated carbocycles.